The summed E-state index contributed by atoms with van der Waals surface area (Å²) in [4.78, 5) is 11.1. The molecule has 3 nitrogen and oxygen atoms in total. The van der Waals surface area contributed by atoms with Gasteiger partial charge in [0.05, 0.1) is 18.1 Å². The summed E-state index contributed by atoms with van der Waals surface area (Å²) in [5, 5.41) is 9.14. The van der Waals surface area contributed by atoms with Crippen LogP contribution in [0.5, 0.6) is 0 Å². The molecule has 1 saturated carbocycles. The van der Waals surface area contributed by atoms with Crippen LogP contribution in [0, 0.1) is 11.8 Å². The molecule has 3 heteroatoms. The lowest BCUT2D eigenvalue weighted by Gasteiger charge is -2.20. The van der Waals surface area contributed by atoms with Gasteiger partial charge in [0.25, 0.3) is 0 Å². The lowest BCUT2D eigenvalue weighted by atomic mass is 9.96. The van der Waals surface area contributed by atoms with Crippen molar-refractivity contribution in [1.82, 2.24) is 0 Å². The number of carbonyl (C=O) groups is 1. The second-order valence-corrected chi connectivity index (χ2v) is 8.43. The molecule has 162 valence electrons. The first-order chi connectivity index (χ1) is 15.5. The lowest BCUT2D eigenvalue weighted by Crippen LogP contribution is -2.14. The molecular weight excluding hydrogens is 396 g/mol. The average Bonchev–Trinajstić information content (AvgIpc) is 3.62. The van der Waals surface area contributed by atoms with Crippen LogP contribution in [-0.2, 0) is 28.2 Å². The first kappa shape index (κ1) is 21.9. The molecule has 0 spiro atoms. The number of carboxylic acids is 1. The normalized spacial score (nSPS) is 14.8. The van der Waals surface area contributed by atoms with E-state index in [1.165, 1.54) is 16.7 Å². The Balaban J connectivity index is 1.49. The monoisotopic (exact) mass is 424 g/mol. The molecule has 32 heavy (non-hydrogen) atoms. The van der Waals surface area contributed by atoms with Crippen LogP contribution in [0.25, 0.3) is 0 Å². The van der Waals surface area contributed by atoms with Crippen molar-refractivity contribution in [2.45, 2.75) is 51.2 Å². The van der Waals surface area contributed by atoms with Crippen LogP contribution in [0.4, 0.5) is 0 Å². The van der Waals surface area contributed by atoms with Crippen LogP contribution in [0.15, 0.2) is 72.8 Å². The Morgan fingerprint density at radius 2 is 1.66 bits per heavy atom. The molecule has 3 aromatic carbocycles. The van der Waals surface area contributed by atoms with Gasteiger partial charge in [0, 0.05) is 11.1 Å². The first-order valence-corrected chi connectivity index (χ1v) is 11.2. The van der Waals surface area contributed by atoms with Gasteiger partial charge >= 0.3 is 5.97 Å². The van der Waals surface area contributed by atoms with E-state index in [-0.39, 0.29) is 5.60 Å². The highest BCUT2D eigenvalue weighted by Gasteiger charge is 2.46. The van der Waals surface area contributed by atoms with Gasteiger partial charge in [0.2, 0.25) is 0 Å². The van der Waals surface area contributed by atoms with Crippen LogP contribution < -0.4 is 0 Å². The van der Waals surface area contributed by atoms with Gasteiger partial charge in [-0.05, 0) is 72.7 Å². The molecule has 0 saturated heterocycles. The molecular formula is C29H28O3. The molecule has 1 aliphatic rings. The fourth-order valence-electron chi connectivity index (χ4n) is 3.95. The molecule has 0 radical (unpaired) electrons. The van der Waals surface area contributed by atoms with Gasteiger partial charge in [-0.15, -0.1) is 0 Å². The van der Waals surface area contributed by atoms with Crippen LogP contribution >= 0.6 is 0 Å². The molecule has 1 atom stereocenters. The predicted octanol–water partition coefficient (Wildman–Crippen LogP) is 6.04. The van der Waals surface area contributed by atoms with E-state index in [0.29, 0.717) is 6.61 Å². The highest BCUT2D eigenvalue weighted by atomic mass is 16.5. The Hall–Kier alpha value is -3.35. The third-order valence-electron chi connectivity index (χ3n) is 6.17. The Morgan fingerprint density at radius 1 is 1.00 bits per heavy atom. The van der Waals surface area contributed by atoms with E-state index in [1.807, 2.05) is 42.5 Å². The highest BCUT2D eigenvalue weighted by Crippen LogP contribution is 2.51. The smallest absolute Gasteiger partial charge is 0.310 e. The third-order valence-corrected chi connectivity index (χ3v) is 6.17. The zero-order valence-corrected chi connectivity index (χ0v) is 18.6. The lowest BCUT2D eigenvalue weighted by molar-refractivity contribution is -0.138. The van der Waals surface area contributed by atoms with E-state index in [9.17, 15) is 4.79 Å². The van der Waals surface area contributed by atoms with Crippen LogP contribution in [0.3, 0.4) is 0 Å². The standard InChI is InChI=1S/C29H28O3/c1-3-25-19-23(10-9-22-11-14-26(15-12-22)21(2)28(30)31)13-16-27(25)29(17-18-29)32-20-24-7-5-4-6-8-24/h4-8,11-16,19,21H,3,17-18,20H2,1-2H3,(H,30,31). The number of hydrogen-bond donors (Lipinski definition) is 1. The summed E-state index contributed by atoms with van der Waals surface area (Å²) in [6.45, 7) is 4.49. The van der Waals surface area contributed by atoms with Crippen molar-refractivity contribution in [1.29, 1.82) is 0 Å². The van der Waals surface area contributed by atoms with Crippen molar-refractivity contribution in [3.05, 3.63) is 106 Å². The minimum Gasteiger partial charge on any atom is -0.481 e. The summed E-state index contributed by atoms with van der Waals surface area (Å²) >= 11 is 0. The van der Waals surface area contributed by atoms with Gasteiger partial charge in [-0.3, -0.25) is 4.79 Å². The van der Waals surface area contributed by atoms with E-state index >= 15 is 0 Å². The molecule has 0 aliphatic heterocycles. The molecule has 1 fully saturated rings. The fourth-order valence-corrected chi connectivity index (χ4v) is 3.95. The first-order valence-electron chi connectivity index (χ1n) is 11.2. The minimum atomic E-state index is -0.822. The maximum absolute atomic E-state index is 11.1. The van der Waals surface area contributed by atoms with Crippen molar-refractivity contribution >= 4 is 5.97 Å². The highest BCUT2D eigenvalue weighted by molar-refractivity contribution is 5.75. The van der Waals surface area contributed by atoms with E-state index in [1.54, 1.807) is 6.92 Å². The van der Waals surface area contributed by atoms with Crippen molar-refractivity contribution in [2.75, 3.05) is 0 Å². The van der Waals surface area contributed by atoms with E-state index in [2.05, 4.69) is 49.1 Å². The summed E-state index contributed by atoms with van der Waals surface area (Å²) in [5.41, 5.74) is 6.24. The van der Waals surface area contributed by atoms with Crippen molar-refractivity contribution in [3.8, 4) is 11.8 Å². The maximum atomic E-state index is 11.1. The second-order valence-electron chi connectivity index (χ2n) is 8.43. The number of carboxylic acid groups (broad SMARTS) is 1. The van der Waals surface area contributed by atoms with Gasteiger partial charge in [0.1, 0.15) is 0 Å². The Bertz CT molecular complexity index is 1150. The maximum Gasteiger partial charge on any atom is 0.310 e. The molecule has 1 aliphatic carbocycles. The molecule has 4 rings (SSSR count). The summed E-state index contributed by atoms with van der Waals surface area (Å²) in [6.07, 6.45) is 3.04. The average molecular weight is 425 g/mol. The van der Waals surface area contributed by atoms with E-state index in [0.717, 1.165) is 36.0 Å². The van der Waals surface area contributed by atoms with Crippen molar-refractivity contribution < 1.29 is 14.6 Å². The quantitative estimate of drug-likeness (QED) is 0.470. The summed E-state index contributed by atoms with van der Waals surface area (Å²) in [5.74, 6) is 5.12. The van der Waals surface area contributed by atoms with Gasteiger partial charge in [-0.1, -0.05) is 67.3 Å². The molecule has 1 N–H and O–H groups in total. The van der Waals surface area contributed by atoms with Gasteiger partial charge in [-0.2, -0.15) is 0 Å². The Morgan fingerprint density at radius 3 is 2.28 bits per heavy atom. The van der Waals surface area contributed by atoms with Gasteiger partial charge in [-0.25, -0.2) is 0 Å². The SMILES string of the molecule is CCc1cc(C#Cc2ccc(C(C)C(=O)O)cc2)ccc1C1(OCc2ccccc2)CC1. The number of ether oxygens (including phenoxy) is 1. The summed E-state index contributed by atoms with van der Waals surface area (Å²) in [7, 11) is 0. The predicted molar refractivity (Wildman–Crippen MR) is 126 cm³/mol. The van der Waals surface area contributed by atoms with Crippen LogP contribution in [0.1, 0.15) is 66.0 Å². The van der Waals surface area contributed by atoms with Gasteiger partial charge < -0.3 is 9.84 Å². The summed E-state index contributed by atoms with van der Waals surface area (Å²) < 4.78 is 6.39. The molecule has 0 aromatic heterocycles. The van der Waals surface area contributed by atoms with Crippen LogP contribution in [-0.4, -0.2) is 11.1 Å². The van der Waals surface area contributed by atoms with Crippen LogP contribution in [0.2, 0.25) is 0 Å². The van der Waals surface area contributed by atoms with Crippen molar-refractivity contribution in [3.63, 3.8) is 0 Å². The number of benzene rings is 3. The minimum absolute atomic E-state index is 0.163. The Labute approximate surface area is 190 Å². The topological polar surface area (TPSA) is 46.5 Å². The third kappa shape index (κ3) is 4.93. The molecule has 0 bridgehead atoms. The molecule has 3 aromatic rings. The van der Waals surface area contributed by atoms with Crippen molar-refractivity contribution in [2.24, 2.45) is 0 Å². The summed E-state index contributed by atoms with van der Waals surface area (Å²) in [6, 6.07) is 24.2. The number of rotatable bonds is 7. The van der Waals surface area contributed by atoms with E-state index in [4.69, 9.17) is 9.84 Å². The molecule has 0 heterocycles. The number of hydrogen-bond acceptors (Lipinski definition) is 2. The van der Waals surface area contributed by atoms with Gasteiger partial charge in [0.15, 0.2) is 0 Å². The van der Waals surface area contributed by atoms with E-state index < -0.39 is 11.9 Å². The zero-order valence-electron chi connectivity index (χ0n) is 18.6. The largest absolute Gasteiger partial charge is 0.481 e. The Kier molecular flexibility index (Phi) is 6.44. The second kappa shape index (κ2) is 9.42. The zero-order chi connectivity index (χ0) is 22.6. The molecule has 1 unspecified atom stereocenters. The fraction of sp³-hybridized carbons (Fsp3) is 0.276. The number of aryl methyl sites for hydroxylation is 1. The molecule has 0 amide bonds. The number of aliphatic carboxylic acids is 1.